The molecular formula is C15H20N4O3. The van der Waals surface area contributed by atoms with E-state index in [-0.39, 0.29) is 17.7 Å². The van der Waals surface area contributed by atoms with Gasteiger partial charge in [-0.25, -0.2) is 0 Å². The summed E-state index contributed by atoms with van der Waals surface area (Å²) in [5.41, 5.74) is 0.707. The van der Waals surface area contributed by atoms with Crippen LogP contribution >= 0.6 is 0 Å². The molecule has 0 aliphatic heterocycles. The number of nitrogens with one attached hydrogen (secondary N) is 1. The molecule has 0 spiro atoms. The molecule has 2 rings (SSSR count). The van der Waals surface area contributed by atoms with Crippen molar-refractivity contribution in [3.63, 3.8) is 0 Å². The summed E-state index contributed by atoms with van der Waals surface area (Å²) in [6, 6.07) is 7.22. The van der Waals surface area contributed by atoms with Crippen LogP contribution in [0.4, 0.5) is 0 Å². The SMILES string of the molecule is COc1cccc(-c2nnc(C(=O)NCCCN(C)C)o2)c1. The molecule has 0 atom stereocenters. The molecule has 1 N–H and O–H groups in total. The maximum absolute atomic E-state index is 11.9. The zero-order chi connectivity index (χ0) is 15.9. The summed E-state index contributed by atoms with van der Waals surface area (Å²) < 4.78 is 10.6. The number of amides is 1. The van der Waals surface area contributed by atoms with Crippen LogP contribution in [0.25, 0.3) is 11.5 Å². The molecule has 0 saturated carbocycles. The van der Waals surface area contributed by atoms with Crippen molar-refractivity contribution in [2.24, 2.45) is 0 Å². The first-order valence-corrected chi connectivity index (χ1v) is 7.01. The van der Waals surface area contributed by atoms with Crippen LogP contribution in [-0.2, 0) is 0 Å². The summed E-state index contributed by atoms with van der Waals surface area (Å²) in [4.78, 5) is 14.0. The second-order valence-corrected chi connectivity index (χ2v) is 5.06. The molecule has 1 amide bonds. The normalized spacial score (nSPS) is 10.7. The molecular weight excluding hydrogens is 284 g/mol. The predicted octanol–water partition coefficient (Wildman–Crippen LogP) is 1.43. The second-order valence-electron chi connectivity index (χ2n) is 5.06. The van der Waals surface area contributed by atoms with Gasteiger partial charge in [-0.15, -0.1) is 10.2 Å². The number of aromatic nitrogens is 2. The van der Waals surface area contributed by atoms with Gasteiger partial charge in [-0.05, 0) is 45.3 Å². The molecule has 0 unspecified atom stereocenters. The number of rotatable bonds is 7. The lowest BCUT2D eigenvalue weighted by Gasteiger charge is -2.08. The zero-order valence-corrected chi connectivity index (χ0v) is 13.0. The fraction of sp³-hybridized carbons (Fsp3) is 0.400. The summed E-state index contributed by atoms with van der Waals surface area (Å²) in [7, 11) is 5.56. The summed E-state index contributed by atoms with van der Waals surface area (Å²) in [5.74, 6) is 0.575. The maximum atomic E-state index is 11.9. The highest BCUT2D eigenvalue weighted by atomic mass is 16.5. The number of hydrogen-bond acceptors (Lipinski definition) is 6. The Hall–Kier alpha value is -2.41. The molecule has 0 radical (unpaired) electrons. The third-order valence-electron chi connectivity index (χ3n) is 3.00. The van der Waals surface area contributed by atoms with E-state index in [2.05, 4.69) is 20.4 Å². The number of benzene rings is 1. The predicted molar refractivity (Wildman–Crippen MR) is 81.8 cm³/mol. The summed E-state index contributed by atoms with van der Waals surface area (Å²) in [5, 5.41) is 10.4. The Kier molecular flexibility index (Phi) is 5.48. The molecule has 1 aromatic carbocycles. The van der Waals surface area contributed by atoms with Crippen molar-refractivity contribution in [3.05, 3.63) is 30.2 Å². The van der Waals surface area contributed by atoms with Crippen LogP contribution in [0, 0.1) is 0 Å². The Morgan fingerprint density at radius 2 is 2.18 bits per heavy atom. The van der Waals surface area contributed by atoms with Gasteiger partial charge in [-0.1, -0.05) is 6.07 Å². The van der Waals surface area contributed by atoms with Gasteiger partial charge in [0.2, 0.25) is 5.89 Å². The van der Waals surface area contributed by atoms with Crippen molar-refractivity contribution < 1.29 is 13.9 Å². The van der Waals surface area contributed by atoms with E-state index in [4.69, 9.17) is 9.15 Å². The third-order valence-corrected chi connectivity index (χ3v) is 3.00. The van der Waals surface area contributed by atoms with Crippen LogP contribution in [0.3, 0.4) is 0 Å². The average molecular weight is 304 g/mol. The van der Waals surface area contributed by atoms with E-state index in [1.807, 2.05) is 32.3 Å². The standard InChI is InChI=1S/C15H20N4O3/c1-19(2)9-5-8-16-13(20)15-18-17-14(22-15)11-6-4-7-12(10-11)21-3/h4,6-7,10H,5,8-9H2,1-3H3,(H,16,20). The van der Waals surface area contributed by atoms with Crippen LogP contribution in [0.1, 0.15) is 17.1 Å². The first kappa shape index (κ1) is 16.0. The highest BCUT2D eigenvalue weighted by Gasteiger charge is 2.15. The van der Waals surface area contributed by atoms with Crippen molar-refractivity contribution in [1.82, 2.24) is 20.4 Å². The summed E-state index contributed by atoms with van der Waals surface area (Å²) in [6.45, 7) is 1.47. The van der Waals surface area contributed by atoms with Crippen molar-refractivity contribution in [3.8, 4) is 17.2 Å². The first-order valence-electron chi connectivity index (χ1n) is 7.01. The molecule has 0 aliphatic carbocycles. The lowest BCUT2D eigenvalue weighted by Crippen LogP contribution is -2.27. The summed E-state index contributed by atoms with van der Waals surface area (Å²) >= 11 is 0. The van der Waals surface area contributed by atoms with Gasteiger partial charge in [0.25, 0.3) is 0 Å². The van der Waals surface area contributed by atoms with Crippen molar-refractivity contribution in [2.45, 2.75) is 6.42 Å². The zero-order valence-electron chi connectivity index (χ0n) is 13.0. The van der Waals surface area contributed by atoms with Crippen molar-refractivity contribution >= 4 is 5.91 Å². The molecule has 0 saturated heterocycles. The van der Waals surface area contributed by atoms with E-state index in [0.29, 0.717) is 17.9 Å². The molecule has 1 aromatic heterocycles. The Bertz CT molecular complexity index is 625. The van der Waals surface area contributed by atoms with E-state index in [9.17, 15) is 4.79 Å². The van der Waals surface area contributed by atoms with Gasteiger partial charge in [0.1, 0.15) is 5.75 Å². The Morgan fingerprint density at radius 3 is 2.91 bits per heavy atom. The van der Waals surface area contributed by atoms with Crippen molar-refractivity contribution in [1.29, 1.82) is 0 Å². The Balaban J connectivity index is 1.97. The molecule has 22 heavy (non-hydrogen) atoms. The van der Waals surface area contributed by atoms with Gasteiger partial charge >= 0.3 is 11.8 Å². The van der Waals surface area contributed by atoms with E-state index < -0.39 is 0 Å². The number of hydrogen-bond donors (Lipinski definition) is 1. The number of nitrogens with zero attached hydrogens (tertiary/aromatic N) is 3. The van der Waals surface area contributed by atoms with E-state index >= 15 is 0 Å². The third kappa shape index (κ3) is 4.29. The minimum atomic E-state index is -0.361. The molecule has 118 valence electrons. The van der Waals surface area contributed by atoms with Crippen LogP contribution in [0.5, 0.6) is 5.75 Å². The van der Waals surface area contributed by atoms with Crippen LogP contribution in [0.15, 0.2) is 28.7 Å². The van der Waals surface area contributed by atoms with Gasteiger partial charge in [0, 0.05) is 12.1 Å². The van der Waals surface area contributed by atoms with Gasteiger partial charge in [-0.3, -0.25) is 4.79 Å². The lowest BCUT2D eigenvalue weighted by atomic mass is 10.2. The number of methoxy groups -OCH3 is 1. The fourth-order valence-electron chi connectivity index (χ4n) is 1.86. The van der Waals surface area contributed by atoms with E-state index in [1.165, 1.54) is 0 Å². The highest BCUT2D eigenvalue weighted by Crippen LogP contribution is 2.22. The lowest BCUT2D eigenvalue weighted by molar-refractivity contribution is 0.0918. The smallest absolute Gasteiger partial charge is 0.308 e. The van der Waals surface area contributed by atoms with Crippen LogP contribution in [0.2, 0.25) is 0 Å². The number of carbonyl (C=O) groups is 1. The van der Waals surface area contributed by atoms with Crippen LogP contribution < -0.4 is 10.1 Å². The molecule has 2 aromatic rings. The number of carbonyl (C=O) groups excluding carboxylic acids is 1. The van der Waals surface area contributed by atoms with Gasteiger partial charge in [0.05, 0.1) is 7.11 Å². The van der Waals surface area contributed by atoms with Gasteiger partial charge in [0.15, 0.2) is 0 Å². The number of ether oxygens (including phenoxy) is 1. The molecule has 7 nitrogen and oxygen atoms in total. The minimum absolute atomic E-state index is 0.0392. The van der Waals surface area contributed by atoms with Crippen molar-refractivity contribution in [2.75, 3.05) is 34.3 Å². The molecule has 0 bridgehead atoms. The quantitative estimate of drug-likeness (QED) is 0.779. The van der Waals surface area contributed by atoms with Crippen LogP contribution in [-0.4, -0.2) is 55.3 Å². The molecule has 0 fully saturated rings. The summed E-state index contributed by atoms with van der Waals surface area (Å²) in [6.07, 6.45) is 0.857. The first-order chi connectivity index (χ1) is 10.6. The Labute approximate surface area is 129 Å². The highest BCUT2D eigenvalue weighted by molar-refractivity contribution is 5.89. The van der Waals surface area contributed by atoms with E-state index in [1.54, 1.807) is 13.2 Å². The van der Waals surface area contributed by atoms with Gasteiger partial charge < -0.3 is 19.4 Å². The monoisotopic (exact) mass is 304 g/mol. The van der Waals surface area contributed by atoms with Gasteiger partial charge in [-0.2, -0.15) is 0 Å². The minimum Gasteiger partial charge on any atom is -0.497 e. The molecule has 0 aliphatic rings. The second kappa shape index (κ2) is 7.56. The fourth-order valence-corrected chi connectivity index (χ4v) is 1.86. The molecule has 1 heterocycles. The average Bonchev–Trinajstić information content (AvgIpc) is 3.01. The maximum Gasteiger partial charge on any atom is 0.308 e. The topological polar surface area (TPSA) is 80.5 Å². The largest absolute Gasteiger partial charge is 0.497 e. The Morgan fingerprint density at radius 1 is 1.36 bits per heavy atom. The molecule has 7 heteroatoms. The van der Waals surface area contributed by atoms with E-state index in [0.717, 1.165) is 13.0 Å².